The van der Waals surface area contributed by atoms with Crippen LogP contribution in [0.2, 0.25) is 0 Å². The summed E-state index contributed by atoms with van der Waals surface area (Å²) in [6.07, 6.45) is 5.08. The minimum Gasteiger partial charge on any atom is -0.412 e. The van der Waals surface area contributed by atoms with Crippen LogP contribution in [0, 0.1) is 0 Å². The molecule has 0 spiro atoms. The molecule has 0 saturated heterocycles. The van der Waals surface area contributed by atoms with Crippen molar-refractivity contribution >= 4 is 0 Å². The first kappa shape index (κ1) is 9.97. The first-order chi connectivity index (χ1) is 2.50. The van der Waals surface area contributed by atoms with Crippen LogP contribution in [0.4, 0.5) is 0 Å². The number of aromatic nitrogens is 2. The Hall–Kier alpha value is -0.142. The van der Waals surface area contributed by atoms with E-state index in [9.17, 15) is 0 Å². The number of rotatable bonds is 0. The van der Waals surface area contributed by atoms with Gasteiger partial charge in [-0.25, -0.2) is 4.98 Å². The molecule has 0 amide bonds. The van der Waals surface area contributed by atoms with Gasteiger partial charge in [-0.2, -0.15) is 0 Å². The average Bonchev–Trinajstić information content (AvgIpc) is 1.76. The predicted molar refractivity (Wildman–Crippen MR) is 22.2 cm³/mol. The van der Waals surface area contributed by atoms with E-state index >= 15 is 0 Å². The van der Waals surface area contributed by atoms with Gasteiger partial charge < -0.3 is 10.5 Å². The van der Waals surface area contributed by atoms with Crippen molar-refractivity contribution in [3.8, 4) is 0 Å². The van der Waals surface area contributed by atoms with E-state index in [1.54, 1.807) is 18.7 Å². The number of imidazole rings is 1. The molecule has 1 heterocycles. The number of nitrogens with zero attached hydrogens (tertiary/aromatic N) is 1. The van der Waals surface area contributed by atoms with E-state index in [0.29, 0.717) is 0 Å². The fourth-order valence-electron chi connectivity index (χ4n) is 0.215. The van der Waals surface area contributed by atoms with Crippen LogP contribution in [0.5, 0.6) is 0 Å². The SMILES string of the molecule is O.[Mo].c1c[nH]cn1. The van der Waals surface area contributed by atoms with Crippen molar-refractivity contribution in [2.24, 2.45) is 0 Å². The Bertz CT molecular complexity index is 69.4. The standard InChI is InChI=1S/C3H4N2.Mo.H2O/c1-2-5-3-4-1;;/h1-3H,(H,4,5);;1H2. The van der Waals surface area contributed by atoms with Crippen molar-refractivity contribution in [3.63, 3.8) is 0 Å². The van der Waals surface area contributed by atoms with Crippen LogP contribution in [0.3, 0.4) is 0 Å². The Balaban J connectivity index is 0. The number of aromatic amines is 1. The largest absolute Gasteiger partial charge is 0.412 e. The second kappa shape index (κ2) is 5.86. The van der Waals surface area contributed by atoms with E-state index in [4.69, 9.17) is 0 Å². The predicted octanol–water partition coefficient (Wildman–Crippen LogP) is -0.418. The summed E-state index contributed by atoms with van der Waals surface area (Å²) in [6, 6.07) is 0. The summed E-state index contributed by atoms with van der Waals surface area (Å²) in [7, 11) is 0. The van der Waals surface area contributed by atoms with Gasteiger partial charge >= 0.3 is 0 Å². The summed E-state index contributed by atoms with van der Waals surface area (Å²) in [4.78, 5) is 6.42. The summed E-state index contributed by atoms with van der Waals surface area (Å²) in [5.41, 5.74) is 0. The Kier molecular flexibility index (Phi) is 8.35. The summed E-state index contributed by atoms with van der Waals surface area (Å²) < 4.78 is 0. The van der Waals surface area contributed by atoms with Crippen LogP contribution in [0.25, 0.3) is 0 Å². The molecule has 3 N–H and O–H groups in total. The maximum Gasteiger partial charge on any atom is 0.0919 e. The van der Waals surface area contributed by atoms with Crippen LogP contribution in [-0.4, -0.2) is 15.4 Å². The van der Waals surface area contributed by atoms with Crippen molar-refractivity contribution in [2.75, 3.05) is 0 Å². The quantitative estimate of drug-likeness (QED) is 0.544. The smallest absolute Gasteiger partial charge is 0.0919 e. The summed E-state index contributed by atoms with van der Waals surface area (Å²) in [6.45, 7) is 0. The van der Waals surface area contributed by atoms with Gasteiger partial charge in [0.2, 0.25) is 0 Å². The minimum atomic E-state index is 0. The van der Waals surface area contributed by atoms with Gasteiger partial charge in [0.05, 0.1) is 6.33 Å². The monoisotopic (exact) mass is 184 g/mol. The van der Waals surface area contributed by atoms with Gasteiger partial charge in [0.25, 0.3) is 0 Å². The zero-order valence-electron chi connectivity index (χ0n) is 3.59. The normalized spacial score (nSPS) is 5.71. The number of hydrogen-bond donors (Lipinski definition) is 1. The van der Waals surface area contributed by atoms with E-state index in [1.807, 2.05) is 0 Å². The topological polar surface area (TPSA) is 60.2 Å². The molecule has 1 rings (SSSR count). The molecule has 0 aliphatic carbocycles. The third-order valence-electron chi connectivity index (χ3n) is 0.406. The van der Waals surface area contributed by atoms with Crippen molar-refractivity contribution in [2.45, 2.75) is 0 Å². The maximum atomic E-state index is 3.67. The van der Waals surface area contributed by atoms with E-state index in [0.717, 1.165) is 0 Å². The molecule has 0 aliphatic rings. The summed E-state index contributed by atoms with van der Waals surface area (Å²) in [5, 5.41) is 0. The van der Waals surface area contributed by atoms with E-state index < -0.39 is 0 Å². The molecule has 1 aromatic heterocycles. The molecule has 0 bridgehead atoms. The van der Waals surface area contributed by atoms with Crippen LogP contribution < -0.4 is 0 Å². The summed E-state index contributed by atoms with van der Waals surface area (Å²) >= 11 is 0. The van der Waals surface area contributed by atoms with Gasteiger partial charge in [0, 0.05) is 33.5 Å². The zero-order chi connectivity index (χ0) is 3.54. The van der Waals surface area contributed by atoms with Crippen LogP contribution in [-0.2, 0) is 21.1 Å². The van der Waals surface area contributed by atoms with E-state index in [2.05, 4.69) is 9.97 Å². The number of nitrogens with one attached hydrogen (secondary N) is 1. The maximum absolute atomic E-state index is 3.67. The van der Waals surface area contributed by atoms with Crippen molar-refractivity contribution in [1.82, 2.24) is 9.97 Å². The molecule has 40 valence electrons. The van der Waals surface area contributed by atoms with Gasteiger partial charge in [-0.1, -0.05) is 0 Å². The minimum absolute atomic E-state index is 0. The fourth-order valence-corrected chi connectivity index (χ4v) is 0.215. The van der Waals surface area contributed by atoms with Crippen LogP contribution >= 0.6 is 0 Å². The molecule has 0 aliphatic heterocycles. The second-order valence-corrected chi connectivity index (χ2v) is 0.761. The van der Waals surface area contributed by atoms with Crippen molar-refractivity contribution < 1.29 is 26.5 Å². The summed E-state index contributed by atoms with van der Waals surface area (Å²) in [5.74, 6) is 0. The first-order valence-corrected chi connectivity index (χ1v) is 1.43. The Labute approximate surface area is 55.7 Å². The van der Waals surface area contributed by atoms with Crippen LogP contribution in [0.15, 0.2) is 18.7 Å². The number of H-pyrrole nitrogens is 1. The molecule has 3 nitrogen and oxygen atoms in total. The molecule has 4 heteroatoms. The molecule has 0 aromatic carbocycles. The molecular formula is C3H6MoN2O. The van der Waals surface area contributed by atoms with Gasteiger partial charge in [-0.05, 0) is 0 Å². The molecule has 0 radical (unpaired) electrons. The molecule has 0 atom stereocenters. The Morgan fingerprint density at radius 1 is 1.43 bits per heavy atom. The third kappa shape index (κ3) is 3.69. The number of hydrogen-bond acceptors (Lipinski definition) is 1. The average molecular weight is 182 g/mol. The Morgan fingerprint density at radius 3 is 2.29 bits per heavy atom. The molecule has 0 saturated carbocycles. The van der Waals surface area contributed by atoms with Gasteiger partial charge in [-0.15, -0.1) is 0 Å². The second-order valence-electron chi connectivity index (χ2n) is 0.761. The first-order valence-electron chi connectivity index (χ1n) is 1.43. The molecular weight excluding hydrogens is 176 g/mol. The molecule has 7 heavy (non-hydrogen) atoms. The van der Waals surface area contributed by atoms with Crippen molar-refractivity contribution in [3.05, 3.63) is 18.7 Å². The fraction of sp³-hybridized carbons (Fsp3) is 0. The molecule has 0 fully saturated rings. The zero-order valence-corrected chi connectivity index (χ0v) is 5.59. The van der Waals surface area contributed by atoms with Gasteiger partial charge in [0.1, 0.15) is 0 Å². The van der Waals surface area contributed by atoms with Gasteiger partial charge in [0.15, 0.2) is 0 Å². The van der Waals surface area contributed by atoms with Gasteiger partial charge in [-0.3, -0.25) is 0 Å². The Morgan fingerprint density at radius 2 is 2.14 bits per heavy atom. The van der Waals surface area contributed by atoms with Crippen molar-refractivity contribution in [1.29, 1.82) is 0 Å². The van der Waals surface area contributed by atoms with Crippen LogP contribution in [0.1, 0.15) is 0 Å². The molecule has 1 aromatic rings. The third-order valence-corrected chi connectivity index (χ3v) is 0.406. The molecule has 0 unspecified atom stereocenters. The van der Waals surface area contributed by atoms with E-state index in [-0.39, 0.29) is 26.5 Å². The van der Waals surface area contributed by atoms with E-state index in [1.165, 1.54) is 0 Å².